The minimum Gasteiger partial charge on any atom is -0.497 e. The van der Waals surface area contributed by atoms with Crippen LogP contribution in [0.5, 0.6) is 5.75 Å². The van der Waals surface area contributed by atoms with E-state index in [9.17, 15) is 14.9 Å². The van der Waals surface area contributed by atoms with E-state index in [1.165, 1.54) is 7.11 Å². The number of methoxy groups -OCH3 is 1. The lowest BCUT2D eigenvalue weighted by Crippen LogP contribution is -2.22. The first-order valence-corrected chi connectivity index (χ1v) is 6.46. The largest absolute Gasteiger partial charge is 0.497 e. The minimum atomic E-state index is -0.606. The number of amides is 1. The van der Waals surface area contributed by atoms with Crippen molar-refractivity contribution in [2.45, 2.75) is 0 Å². The highest BCUT2D eigenvalue weighted by Crippen LogP contribution is 2.17. The number of carbonyl (C=O) groups excluding carboxylic acids is 1. The van der Waals surface area contributed by atoms with Crippen molar-refractivity contribution in [3.63, 3.8) is 0 Å². The molecule has 22 heavy (non-hydrogen) atoms. The lowest BCUT2D eigenvalue weighted by Gasteiger charge is -2.08. The average molecular weight is 298 g/mol. The fraction of sp³-hybridized carbons (Fsp3) is 0.0625. The number of rotatable bonds is 5. The van der Waals surface area contributed by atoms with Gasteiger partial charge in [0, 0.05) is 11.1 Å². The van der Waals surface area contributed by atoms with Crippen LogP contribution in [0.3, 0.4) is 0 Å². The Morgan fingerprint density at radius 3 is 2.27 bits per heavy atom. The van der Waals surface area contributed by atoms with Crippen LogP contribution >= 0.6 is 0 Å². The molecule has 0 unspecified atom stereocenters. The molecule has 0 bridgehead atoms. The molecule has 6 heteroatoms. The first kappa shape index (κ1) is 15.2. The zero-order chi connectivity index (χ0) is 15.9. The van der Waals surface area contributed by atoms with Crippen LogP contribution in [-0.2, 0) is 0 Å². The maximum Gasteiger partial charge on any atom is 0.258 e. The van der Waals surface area contributed by atoms with E-state index >= 15 is 0 Å². The van der Waals surface area contributed by atoms with Crippen molar-refractivity contribution in [3.05, 3.63) is 82.0 Å². The van der Waals surface area contributed by atoms with E-state index in [-0.39, 0.29) is 5.70 Å². The first-order valence-electron chi connectivity index (χ1n) is 6.46. The van der Waals surface area contributed by atoms with Crippen LogP contribution in [0.1, 0.15) is 15.9 Å². The Balaban J connectivity index is 2.27. The predicted molar refractivity (Wildman–Crippen MR) is 81.9 cm³/mol. The van der Waals surface area contributed by atoms with Gasteiger partial charge in [0.25, 0.3) is 12.1 Å². The normalized spacial score (nSPS) is 10.9. The Bertz CT molecular complexity index is 694. The number of nitro groups is 1. The molecule has 0 aromatic heterocycles. The third-order valence-corrected chi connectivity index (χ3v) is 2.92. The van der Waals surface area contributed by atoms with Gasteiger partial charge in [0.05, 0.1) is 12.0 Å². The number of ether oxygens (including phenoxy) is 1. The van der Waals surface area contributed by atoms with E-state index in [1.54, 1.807) is 54.6 Å². The summed E-state index contributed by atoms with van der Waals surface area (Å²) < 4.78 is 5.04. The number of hydrogen-bond acceptors (Lipinski definition) is 4. The van der Waals surface area contributed by atoms with Gasteiger partial charge in [-0.15, -0.1) is 0 Å². The third-order valence-electron chi connectivity index (χ3n) is 2.92. The van der Waals surface area contributed by atoms with Crippen LogP contribution in [0.2, 0.25) is 0 Å². The van der Waals surface area contributed by atoms with Gasteiger partial charge in [0.15, 0.2) is 0 Å². The Kier molecular flexibility index (Phi) is 4.87. The van der Waals surface area contributed by atoms with Crippen molar-refractivity contribution in [2.75, 3.05) is 7.11 Å². The molecule has 0 heterocycles. The van der Waals surface area contributed by atoms with E-state index < -0.39 is 10.8 Å². The van der Waals surface area contributed by atoms with Gasteiger partial charge in [0.2, 0.25) is 0 Å². The minimum absolute atomic E-state index is 0.113. The monoisotopic (exact) mass is 298 g/mol. The summed E-state index contributed by atoms with van der Waals surface area (Å²) in [6.07, 6.45) is 0.767. The van der Waals surface area contributed by atoms with Crippen molar-refractivity contribution in [2.24, 2.45) is 0 Å². The summed E-state index contributed by atoms with van der Waals surface area (Å²) in [7, 11) is 1.53. The second kappa shape index (κ2) is 7.03. The van der Waals surface area contributed by atoms with Gasteiger partial charge >= 0.3 is 0 Å². The summed E-state index contributed by atoms with van der Waals surface area (Å²) in [5.74, 6) is 0.211. The van der Waals surface area contributed by atoms with Crippen LogP contribution in [0, 0.1) is 10.1 Å². The smallest absolute Gasteiger partial charge is 0.258 e. The number of benzene rings is 2. The molecule has 6 nitrogen and oxygen atoms in total. The van der Waals surface area contributed by atoms with E-state index in [4.69, 9.17) is 4.74 Å². The van der Waals surface area contributed by atoms with Crippen molar-refractivity contribution in [1.29, 1.82) is 0 Å². The van der Waals surface area contributed by atoms with Crippen LogP contribution in [0.4, 0.5) is 0 Å². The molecule has 0 radical (unpaired) electrons. The number of carbonyl (C=O) groups is 1. The summed E-state index contributed by atoms with van der Waals surface area (Å²) in [6, 6.07) is 15.1. The quantitative estimate of drug-likeness (QED) is 0.679. The molecule has 0 atom stereocenters. The predicted octanol–water partition coefficient (Wildman–Crippen LogP) is 2.70. The fourth-order valence-electron chi connectivity index (χ4n) is 1.84. The van der Waals surface area contributed by atoms with E-state index in [1.807, 2.05) is 0 Å². The van der Waals surface area contributed by atoms with E-state index in [0.717, 1.165) is 6.20 Å². The van der Waals surface area contributed by atoms with Crippen molar-refractivity contribution in [3.8, 4) is 5.75 Å². The molecular weight excluding hydrogens is 284 g/mol. The van der Waals surface area contributed by atoms with Crippen LogP contribution in [-0.4, -0.2) is 17.9 Å². The molecule has 0 saturated heterocycles. The fourth-order valence-corrected chi connectivity index (χ4v) is 1.84. The first-order chi connectivity index (χ1) is 10.6. The van der Waals surface area contributed by atoms with Gasteiger partial charge in [-0.25, -0.2) is 0 Å². The molecule has 0 spiro atoms. The Morgan fingerprint density at radius 2 is 1.73 bits per heavy atom. The Hall–Kier alpha value is -3.15. The molecule has 0 aliphatic heterocycles. The molecule has 2 rings (SSSR count). The zero-order valence-corrected chi connectivity index (χ0v) is 11.9. The average Bonchev–Trinajstić information content (AvgIpc) is 2.54. The molecule has 2 aromatic carbocycles. The molecule has 1 N–H and O–H groups in total. The maximum absolute atomic E-state index is 12.1. The lowest BCUT2D eigenvalue weighted by molar-refractivity contribution is -0.401. The van der Waals surface area contributed by atoms with Crippen LogP contribution < -0.4 is 10.1 Å². The van der Waals surface area contributed by atoms with Crippen molar-refractivity contribution < 1.29 is 14.5 Å². The van der Waals surface area contributed by atoms with E-state index in [2.05, 4.69) is 5.32 Å². The van der Waals surface area contributed by atoms with E-state index in [0.29, 0.717) is 16.9 Å². The molecule has 112 valence electrons. The Labute approximate surface area is 127 Å². The lowest BCUT2D eigenvalue weighted by atomic mass is 10.1. The molecule has 0 aliphatic rings. The summed E-state index contributed by atoms with van der Waals surface area (Å²) in [5.41, 5.74) is 1.05. The van der Waals surface area contributed by atoms with Crippen molar-refractivity contribution in [1.82, 2.24) is 5.32 Å². The second-order valence-corrected chi connectivity index (χ2v) is 4.38. The number of nitrogens with one attached hydrogen (secondary N) is 1. The Morgan fingerprint density at radius 1 is 1.09 bits per heavy atom. The second-order valence-electron chi connectivity index (χ2n) is 4.38. The molecule has 0 aliphatic carbocycles. The summed E-state index contributed by atoms with van der Waals surface area (Å²) >= 11 is 0. The number of nitrogens with zero attached hydrogens (tertiary/aromatic N) is 1. The standard InChI is InChI=1S/C16H14N2O4/c1-22-14-9-7-12(8-10-14)15(11-18(20)21)17-16(19)13-5-3-2-4-6-13/h2-11H,1H3,(H,17,19)/b15-11+. The highest BCUT2D eigenvalue weighted by Gasteiger charge is 2.12. The molecule has 2 aromatic rings. The number of hydrogen-bond donors (Lipinski definition) is 1. The summed E-state index contributed by atoms with van der Waals surface area (Å²) in [4.78, 5) is 22.3. The highest BCUT2D eigenvalue weighted by atomic mass is 16.6. The van der Waals surface area contributed by atoms with Crippen LogP contribution in [0.25, 0.3) is 5.70 Å². The molecular formula is C16H14N2O4. The SMILES string of the molecule is COc1ccc(/C(=C\[N+](=O)[O-])NC(=O)c2ccccc2)cc1. The van der Waals surface area contributed by atoms with Gasteiger partial charge < -0.3 is 10.1 Å². The van der Waals surface area contributed by atoms with Crippen LogP contribution in [0.15, 0.2) is 60.8 Å². The van der Waals surface area contributed by atoms with Gasteiger partial charge in [-0.1, -0.05) is 18.2 Å². The topological polar surface area (TPSA) is 81.5 Å². The zero-order valence-electron chi connectivity index (χ0n) is 11.9. The molecule has 1 amide bonds. The maximum atomic E-state index is 12.1. The van der Waals surface area contributed by atoms with Gasteiger partial charge in [0.1, 0.15) is 11.4 Å². The van der Waals surface area contributed by atoms with Gasteiger partial charge in [-0.3, -0.25) is 14.9 Å². The van der Waals surface area contributed by atoms with Crippen molar-refractivity contribution >= 4 is 11.6 Å². The highest BCUT2D eigenvalue weighted by molar-refractivity contribution is 5.99. The third kappa shape index (κ3) is 3.92. The summed E-state index contributed by atoms with van der Waals surface area (Å²) in [5, 5.41) is 13.3. The molecule has 0 fully saturated rings. The van der Waals surface area contributed by atoms with Gasteiger partial charge in [-0.2, -0.15) is 0 Å². The summed E-state index contributed by atoms with van der Waals surface area (Å²) in [6.45, 7) is 0. The molecule has 0 saturated carbocycles. The van der Waals surface area contributed by atoms with Gasteiger partial charge in [-0.05, 0) is 36.4 Å².